The molecule has 2 heterocycles. The second-order valence-electron chi connectivity index (χ2n) is 7.23. The first-order valence-corrected chi connectivity index (χ1v) is 9.64. The minimum Gasteiger partial charge on any atom is -0.385 e. The average molecular weight is 349 g/mol. The lowest BCUT2D eigenvalue weighted by Crippen LogP contribution is -2.10. The van der Waals surface area contributed by atoms with E-state index in [0.29, 0.717) is 11.9 Å². The maximum Gasteiger partial charge on any atom is 0.220 e. The van der Waals surface area contributed by atoms with Gasteiger partial charge in [-0.05, 0) is 44.0 Å². The van der Waals surface area contributed by atoms with Gasteiger partial charge in [-0.25, -0.2) is 9.97 Å². The normalized spacial score (nSPS) is 15.5. The van der Waals surface area contributed by atoms with Crippen LogP contribution >= 0.6 is 0 Å². The molecule has 136 valence electrons. The predicted molar refractivity (Wildman–Crippen MR) is 108 cm³/mol. The summed E-state index contributed by atoms with van der Waals surface area (Å²) in [5, 5.41) is 4.66. The van der Waals surface area contributed by atoms with Crippen molar-refractivity contribution in [2.75, 3.05) is 17.6 Å². The highest BCUT2D eigenvalue weighted by molar-refractivity contribution is 5.96. The molecule has 0 atom stereocenters. The maximum atomic E-state index is 6.08. The highest BCUT2D eigenvalue weighted by atomic mass is 15.0. The van der Waals surface area contributed by atoms with Crippen LogP contribution in [0.25, 0.3) is 22.3 Å². The lowest BCUT2D eigenvalue weighted by molar-refractivity contribution is 0.436. The number of fused-ring (bicyclic) bond motifs is 1. The topological polar surface area (TPSA) is 68.8 Å². The monoisotopic (exact) mass is 349 g/mol. The molecule has 1 fully saturated rings. The fourth-order valence-electron chi connectivity index (χ4n) is 4.17. The number of hydrogen-bond donors (Lipinski definition) is 2. The molecule has 1 saturated carbocycles. The smallest absolute Gasteiger partial charge is 0.220 e. The SMILES string of the molecule is CCNc1cccc2c1cc(-c1cc(C3CCCCC3)nc(N)n1)n2C. The molecule has 0 saturated heterocycles. The van der Waals surface area contributed by atoms with Crippen LogP contribution in [0.4, 0.5) is 11.6 Å². The van der Waals surface area contributed by atoms with Crippen molar-refractivity contribution in [1.29, 1.82) is 0 Å². The highest BCUT2D eigenvalue weighted by Crippen LogP contribution is 2.35. The number of rotatable bonds is 4. The third-order valence-corrected chi connectivity index (χ3v) is 5.50. The van der Waals surface area contributed by atoms with E-state index in [0.717, 1.165) is 29.3 Å². The summed E-state index contributed by atoms with van der Waals surface area (Å²) in [6, 6.07) is 10.7. The van der Waals surface area contributed by atoms with Gasteiger partial charge in [-0.1, -0.05) is 25.3 Å². The van der Waals surface area contributed by atoms with E-state index in [1.807, 2.05) is 0 Å². The van der Waals surface area contributed by atoms with Gasteiger partial charge >= 0.3 is 0 Å². The van der Waals surface area contributed by atoms with Crippen molar-refractivity contribution in [3.8, 4) is 11.4 Å². The summed E-state index contributed by atoms with van der Waals surface area (Å²) >= 11 is 0. The Morgan fingerprint density at radius 3 is 2.73 bits per heavy atom. The van der Waals surface area contributed by atoms with E-state index in [2.05, 4.69) is 64.2 Å². The number of benzene rings is 1. The zero-order chi connectivity index (χ0) is 18.1. The van der Waals surface area contributed by atoms with Gasteiger partial charge in [0.05, 0.1) is 16.9 Å². The molecule has 4 rings (SSSR count). The van der Waals surface area contributed by atoms with Crippen molar-refractivity contribution in [2.45, 2.75) is 44.9 Å². The maximum absolute atomic E-state index is 6.08. The van der Waals surface area contributed by atoms with Crippen molar-refractivity contribution in [1.82, 2.24) is 14.5 Å². The minimum atomic E-state index is 0.375. The Labute approximate surface area is 154 Å². The molecule has 0 unspecified atom stereocenters. The van der Waals surface area contributed by atoms with Gasteiger partial charge in [0.2, 0.25) is 5.95 Å². The Bertz CT molecular complexity index is 922. The number of anilines is 2. The van der Waals surface area contributed by atoms with Crippen molar-refractivity contribution in [3.63, 3.8) is 0 Å². The van der Waals surface area contributed by atoms with E-state index >= 15 is 0 Å². The van der Waals surface area contributed by atoms with Crippen molar-refractivity contribution in [3.05, 3.63) is 36.0 Å². The van der Waals surface area contributed by atoms with Crippen LogP contribution in [-0.4, -0.2) is 21.1 Å². The molecule has 5 heteroatoms. The van der Waals surface area contributed by atoms with E-state index in [1.54, 1.807) is 0 Å². The number of nitrogen functional groups attached to an aromatic ring is 1. The van der Waals surface area contributed by atoms with Crippen LogP contribution < -0.4 is 11.1 Å². The Hall–Kier alpha value is -2.56. The van der Waals surface area contributed by atoms with E-state index in [1.165, 1.54) is 43.0 Å². The van der Waals surface area contributed by atoms with Gasteiger partial charge in [0.1, 0.15) is 0 Å². The third-order valence-electron chi connectivity index (χ3n) is 5.50. The molecule has 0 spiro atoms. The molecule has 0 aliphatic heterocycles. The molecule has 3 aromatic rings. The standard InChI is InChI=1S/C21H27N5/c1-3-23-16-10-7-11-19-15(16)12-20(26(19)2)18-13-17(24-21(22)25-18)14-8-5-4-6-9-14/h7,10-14,23H,3-6,8-9H2,1-2H3,(H2,22,24,25). The lowest BCUT2D eigenvalue weighted by Gasteiger charge is -2.21. The number of nitrogens with zero attached hydrogens (tertiary/aromatic N) is 3. The quantitative estimate of drug-likeness (QED) is 0.716. The number of aromatic nitrogens is 3. The molecule has 2 aromatic heterocycles. The molecule has 1 aliphatic rings. The van der Waals surface area contributed by atoms with Crippen LogP contribution in [0.5, 0.6) is 0 Å². The minimum absolute atomic E-state index is 0.375. The van der Waals surface area contributed by atoms with E-state index < -0.39 is 0 Å². The van der Waals surface area contributed by atoms with Crippen LogP contribution in [-0.2, 0) is 7.05 Å². The molecule has 1 aliphatic carbocycles. The molecule has 3 N–H and O–H groups in total. The van der Waals surface area contributed by atoms with Crippen LogP contribution in [0.15, 0.2) is 30.3 Å². The van der Waals surface area contributed by atoms with Crippen LogP contribution in [0.3, 0.4) is 0 Å². The third kappa shape index (κ3) is 3.02. The molecular weight excluding hydrogens is 322 g/mol. The van der Waals surface area contributed by atoms with Crippen LogP contribution in [0.2, 0.25) is 0 Å². The van der Waals surface area contributed by atoms with Gasteiger partial charge in [0, 0.05) is 36.3 Å². The van der Waals surface area contributed by atoms with Crippen molar-refractivity contribution < 1.29 is 0 Å². The zero-order valence-corrected chi connectivity index (χ0v) is 15.6. The highest BCUT2D eigenvalue weighted by Gasteiger charge is 2.20. The summed E-state index contributed by atoms with van der Waals surface area (Å²) in [4.78, 5) is 9.11. The molecule has 0 amide bonds. The van der Waals surface area contributed by atoms with Crippen LogP contribution in [0, 0.1) is 0 Å². The Balaban J connectivity index is 1.81. The Morgan fingerprint density at radius 1 is 1.15 bits per heavy atom. The summed E-state index contributed by atoms with van der Waals surface area (Å²) in [6.07, 6.45) is 6.31. The Morgan fingerprint density at radius 2 is 1.96 bits per heavy atom. The number of nitrogens with one attached hydrogen (secondary N) is 1. The molecule has 0 radical (unpaired) electrons. The van der Waals surface area contributed by atoms with E-state index in [9.17, 15) is 0 Å². The van der Waals surface area contributed by atoms with Crippen LogP contribution in [0.1, 0.15) is 50.6 Å². The summed E-state index contributed by atoms with van der Waals surface area (Å²) in [6.45, 7) is 3.01. The lowest BCUT2D eigenvalue weighted by atomic mass is 9.86. The van der Waals surface area contributed by atoms with Gasteiger partial charge in [0.25, 0.3) is 0 Å². The largest absolute Gasteiger partial charge is 0.385 e. The number of hydrogen-bond acceptors (Lipinski definition) is 4. The summed E-state index contributed by atoms with van der Waals surface area (Å²) in [5.74, 6) is 0.889. The fourth-order valence-corrected chi connectivity index (χ4v) is 4.17. The van der Waals surface area contributed by atoms with Gasteiger partial charge in [-0.15, -0.1) is 0 Å². The summed E-state index contributed by atoms with van der Waals surface area (Å²) < 4.78 is 2.20. The first-order valence-electron chi connectivity index (χ1n) is 9.64. The van der Waals surface area contributed by atoms with E-state index in [4.69, 9.17) is 5.73 Å². The fraction of sp³-hybridized carbons (Fsp3) is 0.429. The molecule has 1 aromatic carbocycles. The first kappa shape index (κ1) is 16.9. The number of nitrogens with two attached hydrogens (primary N) is 1. The van der Waals surface area contributed by atoms with Gasteiger partial charge in [-0.2, -0.15) is 0 Å². The number of aryl methyl sites for hydroxylation is 1. The average Bonchev–Trinajstić information content (AvgIpc) is 3.00. The van der Waals surface area contributed by atoms with Gasteiger partial charge in [0.15, 0.2) is 0 Å². The Kier molecular flexibility index (Phi) is 4.53. The molecule has 26 heavy (non-hydrogen) atoms. The zero-order valence-electron chi connectivity index (χ0n) is 15.6. The summed E-state index contributed by atoms with van der Waals surface area (Å²) in [7, 11) is 2.09. The summed E-state index contributed by atoms with van der Waals surface area (Å²) in [5.41, 5.74) is 11.5. The molecule has 0 bridgehead atoms. The van der Waals surface area contributed by atoms with Gasteiger partial charge in [-0.3, -0.25) is 0 Å². The molecule has 5 nitrogen and oxygen atoms in total. The predicted octanol–water partition coefficient (Wildman–Crippen LogP) is 4.70. The van der Waals surface area contributed by atoms with Crippen molar-refractivity contribution in [2.24, 2.45) is 7.05 Å². The second kappa shape index (κ2) is 6.98. The van der Waals surface area contributed by atoms with Crippen molar-refractivity contribution >= 4 is 22.5 Å². The molecular formula is C21H27N5. The van der Waals surface area contributed by atoms with E-state index in [-0.39, 0.29) is 0 Å². The van der Waals surface area contributed by atoms with Gasteiger partial charge < -0.3 is 15.6 Å². The second-order valence-corrected chi connectivity index (χ2v) is 7.23. The first-order chi connectivity index (χ1) is 12.7.